The molecule has 0 aliphatic rings. The Bertz CT molecular complexity index is 811. The standard InChI is InChI=1S/C17H19NO4S/c1-4-22-17(19)16-10-7-14(11-13(16)3)18-23(20,21)15-8-5-12(2)6-9-15/h5-11,18H,4H2,1-3H3. The minimum atomic E-state index is -3.66. The van der Waals surface area contributed by atoms with E-state index >= 15 is 0 Å². The maximum absolute atomic E-state index is 12.3. The van der Waals surface area contributed by atoms with Crippen LogP contribution < -0.4 is 4.72 Å². The van der Waals surface area contributed by atoms with Gasteiger partial charge in [0.15, 0.2) is 0 Å². The predicted octanol–water partition coefficient (Wildman–Crippen LogP) is 3.28. The van der Waals surface area contributed by atoms with Gasteiger partial charge in [-0.15, -0.1) is 0 Å². The van der Waals surface area contributed by atoms with Crippen LogP contribution in [0.4, 0.5) is 5.69 Å². The zero-order valence-electron chi connectivity index (χ0n) is 13.3. The van der Waals surface area contributed by atoms with Gasteiger partial charge in [0.05, 0.1) is 17.1 Å². The third-order valence-corrected chi connectivity index (χ3v) is 4.70. The smallest absolute Gasteiger partial charge is 0.338 e. The number of esters is 1. The van der Waals surface area contributed by atoms with Crippen LogP contribution in [0.25, 0.3) is 0 Å². The largest absolute Gasteiger partial charge is 0.462 e. The van der Waals surface area contributed by atoms with Gasteiger partial charge in [-0.3, -0.25) is 4.72 Å². The first-order valence-corrected chi connectivity index (χ1v) is 8.69. The molecular weight excluding hydrogens is 314 g/mol. The molecule has 1 N–H and O–H groups in total. The van der Waals surface area contributed by atoms with Crippen molar-refractivity contribution in [3.8, 4) is 0 Å². The maximum atomic E-state index is 12.3. The Morgan fingerprint density at radius 3 is 2.30 bits per heavy atom. The van der Waals surface area contributed by atoms with Crippen molar-refractivity contribution in [2.24, 2.45) is 0 Å². The first-order valence-electron chi connectivity index (χ1n) is 7.21. The molecule has 0 heterocycles. The molecule has 0 amide bonds. The highest BCUT2D eigenvalue weighted by Gasteiger charge is 2.16. The predicted molar refractivity (Wildman–Crippen MR) is 89.1 cm³/mol. The fourth-order valence-corrected chi connectivity index (χ4v) is 3.15. The number of rotatable bonds is 5. The Balaban J connectivity index is 2.25. The van der Waals surface area contributed by atoms with Crippen LogP contribution in [0.15, 0.2) is 47.4 Å². The summed E-state index contributed by atoms with van der Waals surface area (Å²) in [6, 6.07) is 11.3. The Hall–Kier alpha value is -2.34. The van der Waals surface area contributed by atoms with Gasteiger partial charge < -0.3 is 4.74 Å². The van der Waals surface area contributed by atoms with E-state index in [4.69, 9.17) is 4.74 Å². The normalized spacial score (nSPS) is 11.1. The fraction of sp³-hybridized carbons (Fsp3) is 0.235. The van der Waals surface area contributed by atoms with Gasteiger partial charge in [-0.25, -0.2) is 13.2 Å². The molecule has 5 nitrogen and oxygen atoms in total. The van der Waals surface area contributed by atoms with Crippen LogP contribution >= 0.6 is 0 Å². The summed E-state index contributed by atoms with van der Waals surface area (Å²) in [5.74, 6) is -0.419. The van der Waals surface area contributed by atoms with E-state index in [1.165, 1.54) is 0 Å². The van der Waals surface area contributed by atoms with Gasteiger partial charge in [0.1, 0.15) is 0 Å². The van der Waals surface area contributed by atoms with Crippen LogP contribution in [0.2, 0.25) is 0 Å². The second-order valence-electron chi connectivity index (χ2n) is 5.17. The lowest BCUT2D eigenvalue weighted by Gasteiger charge is -2.11. The van der Waals surface area contributed by atoms with E-state index in [0.29, 0.717) is 23.4 Å². The topological polar surface area (TPSA) is 72.5 Å². The number of carbonyl (C=O) groups excluding carboxylic acids is 1. The second kappa shape index (κ2) is 6.83. The van der Waals surface area contributed by atoms with Gasteiger partial charge in [0, 0.05) is 5.69 Å². The molecule has 0 radical (unpaired) electrons. The van der Waals surface area contributed by atoms with E-state index in [2.05, 4.69) is 4.72 Å². The van der Waals surface area contributed by atoms with Crippen molar-refractivity contribution >= 4 is 21.7 Å². The highest BCUT2D eigenvalue weighted by atomic mass is 32.2. The molecule has 0 saturated carbocycles. The molecule has 0 atom stereocenters. The lowest BCUT2D eigenvalue weighted by atomic mass is 10.1. The van der Waals surface area contributed by atoms with E-state index in [0.717, 1.165) is 5.56 Å². The number of sulfonamides is 1. The van der Waals surface area contributed by atoms with Crippen LogP contribution in [0, 0.1) is 13.8 Å². The quantitative estimate of drug-likeness (QED) is 0.852. The molecule has 0 fully saturated rings. The Morgan fingerprint density at radius 1 is 1.09 bits per heavy atom. The number of hydrogen-bond acceptors (Lipinski definition) is 4. The van der Waals surface area contributed by atoms with E-state index in [-0.39, 0.29) is 4.90 Å². The lowest BCUT2D eigenvalue weighted by Crippen LogP contribution is -2.13. The first-order chi connectivity index (χ1) is 10.8. The monoisotopic (exact) mass is 333 g/mol. The number of carbonyl (C=O) groups is 1. The molecule has 0 spiro atoms. The summed E-state index contributed by atoms with van der Waals surface area (Å²) in [6.07, 6.45) is 0. The highest BCUT2D eigenvalue weighted by molar-refractivity contribution is 7.92. The van der Waals surface area contributed by atoms with E-state index in [1.54, 1.807) is 56.3 Å². The van der Waals surface area contributed by atoms with Crippen LogP contribution in [-0.2, 0) is 14.8 Å². The van der Waals surface area contributed by atoms with Gasteiger partial charge in [0.25, 0.3) is 10.0 Å². The van der Waals surface area contributed by atoms with Gasteiger partial charge in [-0.05, 0) is 56.7 Å². The molecule has 2 aromatic rings. The van der Waals surface area contributed by atoms with E-state index in [9.17, 15) is 13.2 Å². The van der Waals surface area contributed by atoms with Crippen LogP contribution in [0.1, 0.15) is 28.4 Å². The number of hydrogen-bond donors (Lipinski definition) is 1. The minimum Gasteiger partial charge on any atom is -0.462 e. The second-order valence-corrected chi connectivity index (χ2v) is 6.85. The summed E-state index contributed by atoms with van der Waals surface area (Å²) in [4.78, 5) is 11.9. The number of benzene rings is 2. The molecular formula is C17H19NO4S. The molecule has 0 bridgehead atoms. The summed E-state index contributed by atoms with van der Waals surface area (Å²) in [6.45, 7) is 5.65. The van der Waals surface area contributed by atoms with E-state index < -0.39 is 16.0 Å². The number of ether oxygens (including phenoxy) is 1. The third-order valence-electron chi connectivity index (χ3n) is 3.31. The number of nitrogens with one attached hydrogen (secondary N) is 1. The fourth-order valence-electron chi connectivity index (χ4n) is 2.10. The van der Waals surface area contributed by atoms with Crippen molar-refractivity contribution < 1.29 is 17.9 Å². The molecule has 2 aromatic carbocycles. The SMILES string of the molecule is CCOC(=O)c1ccc(NS(=O)(=O)c2ccc(C)cc2)cc1C. The molecule has 0 unspecified atom stereocenters. The van der Waals surface area contributed by atoms with Crippen LogP contribution in [0.5, 0.6) is 0 Å². The Morgan fingerprint density at radius 2 is 1.74 bits per heavy atom. The summed E-state index contributed by atoms with van der Waals surface area (Å²) in [7, 11) is -3.66. The molecule has 2 rings (SSSR count). The summed E-state index contributed by atoms with van der Waals surface area (Å²) < 4.78 is 32.2. The van der Waals surface area contributed by atoms with Crippen molar-refractivity contribution in [3.05, 3.63) is 59.2 Å². The zero-order chi connectivity index (χ0) is 17.0. The van der Waals surface area contributed by atoms with Crippen molar-refractivity contribution in [2.45, 2.75) is 25.7 Å². The molecule has 0 aromatic heterocycles. The van der Waals surface area contributed by atoms with Gasteiger partial charge in [0.2, 0.25) is 0 Å². The number of anilines is 1. The van der Waals surface area contributed by atoms with Crippen LogP contribution in [0.3, 0.4) is 0 Å². The average Bonchev–Trinajstić information content (AvgIpc) is 2.47. The van der Waals surface area contributed by atoms with Gasteiger partial charge in [-0.1, -0.05) is 17.7 Å². The average molecular weight is 333 g/mol. The highest BCUT2D eigenvalue weighted by Crippen LogP contribution is 2.20. The van der Waals surface area contributed by atoms with Gasteiger partial charge >= 0.3 is 5.97 Å². The lowest BCUT2D eigenvalue weighted by molar-refractivity contribution is 0.0525. The van der Waals surface area contributed by atoms with Gasteiger partial charge in [-0.2, -0.15) is 0 Å². The molecule has 23 heavy (non-hydrogen) atoms. The molecule has 6 heteroatoms. The maximum Gasteiger partial charge on any atom is 0.338 e. The molecule has 122 valence electrons. The minimum absolute atomic E-state index is 0.190. The summed E-state index contributed by atoms with van der Waals surface area (Å²) in [5.41, 5.74) is 2.45. The molecule has 0 aliphatic heterocycles. The Labute approximate surface area is 136 Å². The Kier molecular flexibility index (Phi) is 5.05. The molecule has 0 aliphatic carbocycles. The zero-order valence-corrected chi connectivity index (χ0v) is 14.1. The summed E-state index contributed by atoms with van der Waals surface area (Å²) >= 11 is 0. The van der Waals surface area contributed by atoms with Crippen molar-refractivity contribution in [3.63, 3.8) is 0 Å². The number of aryl methyl sites for hydroxylation is 2. The van der Waals surface area contributed by atoms with Crippen molar-refractivity contribution in [1.29, 1.82) is 0 Å². The van der Waals surface area contributed by atoms with E-state index in [1.807, 2.05) is 6.92 Å². The third kappa shape index (κ3) is 4.10. The first kappa shape index (κ1) is 17.0. The summed E-state index contributed by atoms with van der Waals surface area (Å²) in [5, 5.41) is 0. The van der Waals surface area contributed by atoms with Crippen molar-refractivity contribution in [2.75, 3.05) is 11.3 Å². The van der Waals surface area contributed by atoms with Crippen LogP contribution in [-0.4, -0.2) is 21.0 Å². The van der Waals surface area contributed by atoms with Crippen molar-refractivity contribution in [1.82, 2.24) is 0 Å². The molecule has 0 saturated heterocycles.